The Hall–Kier alpha value is -2.02. The fourth-order valence-electron chi connectivity index (χ4n) is 3.89. The molecule has 0 bridgehead atoms. The SMILES string of the molecule is O=c1[nH]c2ccc([C@H]3CC[C@H](NCC[S+]([O-])c4ccccc4)CC3)cc2o1. The number of benzene rings is 2. The van der Waals surface area contributed by atoms with Crippen LogP contribution in [0.3, 0.4) is 0 Å². The maximum Gasteiger partial charge on any atom is 0.417 e. The zero-order valence-electron chi connectivity index (χ0n) is 15.1. The Labute approximate surface area is 161 Å². The molecular weight excluding hydrogens is 360 g/mol. The van der Waals surface area contributed by atoms with E-state index in [9.17, 15) is 9.35 Å². The summed E-state index contributed by atoms with van der Waals surface area (Å²) in [5.74, 6) is 0.752. The minimum absolute atomic E-state index is 0.400. The molecule has 1 unspecified atom stereocenters. The lowest BCUT2D eigenvalue weighted by molar-refractivity contribution is 0.348. The molecule has 6 heteroatoms. The first-order valence-electron chi connectivity index (χ1n) is 9.48. The van der Waals surface area contributed by atoms with Crippen molar-refractivity contribution in [2.75, 3.05) is 12.3 Å². The van der Waals surface area contributed by atoms with Gasteiger partial charge in [0.15, 0.2) is 10.5 Å². The van der Waals surface area contributed by atoms with Crippen molar-refractivity contribution in [3.8, 4) is 0 Å². The van der Waals surface area contributed by atoms with Crippen molar-refractivity contribution in [3.63, 3.8) is 0 Å². The Morgan fingerprint density at radius 2 is 1.89 bits per heavy atom. The summed E-state index contributed by atoms with van der Waals surface area (Å²) in [6.07, 6.45) is 4.44. The Kier molecular flexibility index (Phi) is 5.66. The summed E-state index contributed by atoms with van der Waals surface area (Å²) in [6.45, 7) is 0.775. The third-order valence-electron chi connectivity index (χ3n) is 5.37. The zero-order valence-corrected chi connectivity index (χ0v) is 16.0. The molecule has 2 aromatic carbocycles. The molecule has 142 valence electrons. The predicted octanol–water partition coefficient (Wildman–Crippen LogP) is 3.54. The van der Waals surface area contributed by atoms with Gasteiger partial charge < -0.3 is 14.3 Å². The summed E-state index contributed by atoms with van der Waals surface area (Å²) in [5.41, 5.74) is 2.64. The first kappa shape index (κ1) is 18.3. The third kappa shape index (κ3) is 4.46. The average molecular weight is 385 g/mol. The number of rotatable bonds is 6. The minimum atomic E-state index is -0.937. The second-order valence-corrected chi connectivity index (χ2v) is 8.71. The van der Waals surface area contributed by atoms with Crippen molar-refractivity contribution < 1.29 is 8.97 Å². The third-order valence-corrected chi connectivity index (χ3v) is 6.74. The number of fused-ring (bicyclic) bond motifs is 1. The lowest BCUT2D eigenvalue weighted by Crippen LogP contribution is -2.35. The molecule has 1 saturated carbocycles. The molecule has 1 aromatic heterocycles. The van der Waals surface area contributed by atoms with Crippen LogP contribution in [0.15, 0.2) is 62.6 Å². The Bertz CT molecular complexity index is 929. The monoisotopic (exact) mass is 384 g/mol. The number of aromatic amines is 1. The summed E-state index contributed by atoms with van der Waals surface area (Å²) in [5, 5.41) is 3.57. The van der Waals surface area contributed by atoms with Crippen LogP contribution in [-0.4, -0.2) is 27.9 Å². The van der Waals surface area contributed by atoms with E-state index in [4.69, 9.17) is 4.42 Å². The van der Waals surface area contributed by atoms with Gasteiger partial charge in [0.1, 0.15) is 5.75 Å². The second kappa shape index (κ2) is 8.33. The van der Waals surface area contributed by atoms with Crippen LogP contribution >= 0.6 is 0 Å². The summed E-state index contributed by atoms with van der Waals surface area (Å²) in [4.78, 5) is 14.9. The van der Waals surface area contributed by atoms with E-state index in [0.29, 0.717) is 23.3 Å². The van der Waals surface area contributed by atoms with Crippen molar-refractivity contribution in [1.82, 2.24) is 10.3 Å². The predicted molar refractivity (Wildman–Crippen MR) is 108 cm³/mol. The molecule has 4 rings (SSSR count). The van der Waals surface area contributed by atoms with Crippen molar-refractivity contribution in [2.24, 2.45) is 0 Å². The van der Waals surface area contributed by atoms with Gasteiger partial charge in [-0.2, -0.15) is 0 Å². The van der Waals surface area contributed by atoms with E-state index in [-0.39, 0.29) is 0 Å². The highest BCUT2D eigenvalue weighted by atomic mass is 32.2. The maximum atomic E-state index is 12.3. The van der Waals surface area contributed by atoms with Gasteiger partial charge >= 0.3 is 5.76 Å². The van der Waals surface area contributed by atoms with Crippen LogP contribution in [-0.2, 0) is 11.2 Å². The van der Waals surface area contributed by atoms with E-state index in [2.05, 4.69) is 16.4 Å². The molecule has 5 nitrogen and oxygen atoms in total. The van der Waals surface area contributed by atoms with Gasteiger partial charge in [0.25, 0.3) is 0 Å². The average Bonchev–Trinajstić information content (AvgIpc) is 3.08. The molecule has 1 atom stereocenters. The lowest BCUT2D eigenvalue weighted by atomic mass is 9.81. The highest BCUT2D eigenvalue weighted by molar-refractivity contribution is 7.91. The number of oxazole rings is 1. The lowest BCUT2D eigenvalue weighted by Gasteiger charge is -2.29. The summed E-state index contributed by atoms with van der Waals surface area (Å²) < 4.78 is 17.4. The quantitative estimate of drug-likeness (QED) is 0.637. The molecule has 2 N–H and O–H groups in total. The topological polar surface area (TPSA) is 81.1 Å². The van der Waals surface area contributed by atoms with Gasteiger partial charge in [0.2, 0.25) is 0 Å². The molecule has 3 aromatic rings. The smallest absolute Gasteiger partial charge is 0.417 e. The summed E-state index contributed by atoms with van der Waals surface area (Å²) in [7, 11) is 0. The van der Waals surface area contributed by atoms with Crippen LogP contribution in [0.25, 0.3) is 11.1 Å². The Morgan fingerprint density at radius 1 is 1.11 bits per heavy atom. The minimum Gasteiger partial charge on any atom is -0.611 e. The van der Waals surface area contributed by atoms with E-state index in [1.54, 1.807) is 0 Å². The van der Waals surface area contributed by atoms with E-state index in [0.717, 1.165) is 42.6 Å². The Balaban J connectivity index is 1.25. The molecular formula is C21H24N2O3S. The highest BCUT2D eigenvalue weighted by Crippen LogP contribution is 2.33. The fourth-order valence-corrected chi connectivity index (χ4v) is 4.89. The molecule has 1 aliphatic rings. The molecule has 0 saturated heterocycles. The summed E-state index contributed by atoms with van der Waals surface area (Å²) >= 11 is -0.937. The summed E-state index contributed by atoms with van der Waals surface area (Å²) in [6, 6.07) is 16.1. The molecule has 0 amide bonds. The van der Waals surface area contributed by atoms with Gasteiger partial charge in [0.05, 0.1) is 5.52 Å². The van der Waals surface area contributed by atoms with Crippen LogP contribution in [0.2, 0.25) is 0 Å². The standard InChI is InChI=1S/C21H24N2O3S/c24-21-23-19-11-8-16(14-20(19)26-21)15-6-9-17(10-7-15)22-12-13-27(25)18-4-2-1-3-5-18/h1-5,8,11,14-15,17,22H,6-7,9-10,12-13H2,(H,23,24)/t15-,17-,27?. The first-order valence-corrected chi connectivity index (χ1v) is 10.8. The van der Waals surface area contributed by atoms with E-state index in [1.165, 1.54) is 5.56 Å². The molecule has 1 aliphatic carbocycles. The van der Waals surface area contributed by atoms with Gasteiger partial charge in [0, 0.05) is 12.6 Å². The largest absolute Gasteiger partial charge is 0.611 e. The number of nitrogens with one attached hydrogen (secondary N) is 2. The van der Waals surface area contributed by atoms with Gasteiger partial charge in [-0.1, -0.05) is 24.3 Å². The number of hydrogen-bond donors (Lipinski definition) is 2. The molecule has 27 heavy (non-hydrogen) atoms. The van der Waals surface area contributed by atoms with Gasteiger partial charge in [-0.3, -0.25) is 4.98 Å². The van der Waals surface area contributed by atoms with Crippen LogP contribution in [0, 0.1) is 0 Å². The van der Waals surface area contributed by atoms with Crippen molar-refractivity contribution in [1.29, 1.82) is 0 Å². The van der Waals surface area contributed by atoms with Crippen molar-refractivity contribution >= 4 is 22.3 Å². The Morgan fingerprint density at radius 3 is 2.67 bits per heavy atom. The number of aromatic nitrogens is 1. The second-order valence-electron chi connectivity index (χ2n) is 7.14. The first-order chi connectivity index (χ1) is 13.2. The van der Waals surface area contributed by atoms with Crippen LogP contribution < -0.4 is 11.1 Å². The van der Waals surface area contributed by atoms with Crippen molar-refractivity contribution in [3.05, 3.63) is 64.6 Å². The molecule has 0 spiro atoms. The molecule has 1 fully saturated rings. The molecule has 0 aliphatic heterocycles. The van der Waals surface area contributed by atoms with E-state index < -0.39 is 16.9 Å². The number of hydrogen-bond acceptors (Lipinski definition) is 4. The van der Waals surface area contributed by atoms with Crippen LogP contribution in [0.4, 0.5) is 0 Å². The highest BCUT2D eigenvalue weighted by Gasteiger charge is 2.23. The van der Waals surface area contributed by atoms with E-state index in [1.807, 2.05) is 42.5 Å². The molecule has 1 heterocycles. The van der Waals surface area contributed by atoms with Gasteiger partial charge in [-0.15, -0.1) is 0 Å². The molecule has 0 radical (unpaired) electrons. The number of H-pyrrole nitrogens is 1. The van der Waals surface area contributed by atoms with Crippen molar-refractivity contribution in [2.45, 2.75) is 42.5 Å². The van der Waals surface area contributed by atoms with Crippen LogP contribution in [0.1, 0.15) is 37.2 Å². The van der Waals surface area contributed by atoms with E-state index >= 15 is 0 Å². The maximum absolute atomic E-state index is 12.3. The van der Waals surface area contributed by atoms with Gasteiger partial charge in [-0.25, -0.2) is 4.79 Å². The normalized spacial score (nSPS) is 21.4. The zero-order chi connectivity index (χ0) is 18.6. The van der Waals surface area contributed by atoms with Gasteiger partial charge in [-0.05, 0) is 72.6 Å². The fraction of sp³-hybridized carbons (Fsp3) is 0.381. The van der Waals surface area contributed by atoms with Crippen LogP contribution in [0.5, 0.6) is 0 Å².